The first-order valence-electron chi connectivity index (χ1n) is 6.07. The van der Waals surface area contributed by atoms with Gasteiger partial charge < -0.3 is 5.73 Å². The van der Waals surface area contributed by atoms with E-state index >= 15 is 0 Å². The Morgan fingerprint density at radius 2 is 1.93 bits per heavy atom. The Balaban J connectivity index is 2.06. The molecule has 0 radical (unpaired) electrons. The number of likely N-dealkylation sites (tertiary alicyclic amines) is 1. The number of piperidine rings is 1. The van der Waals surface area contributed by atoms with Crippen molar-refractivity contribution in [3.05, 3.63) is 0 Å². The maximum atomic E-state index is 6.11. The summed E-state index contributed by atoms with van der Waals surface area (Å²) in [5.74, 6) is 0.654. The molecule has 1 saturated heterocycles. The Labute approximate surface area is 87.8 Å². The van der Waals surface area contributed by atoms with Gasteiger partial charge in [-0.15, -0.1) is 0 Å². The normalized spacial score (nSPS) is 43.3. The second kappa shape index (κ2) is 3.49. The van der Waals surface area contributed by atoms with E-state index in [9.17, 15) is 0 Å². The minimum absolute atomic E-state index is 0.421. The summed E-state index contributed by atoms with van der Waals surface area (Å²) < 4.78 is 0. The molecule has 2 N–H and O–H groups in total. The highest BCUT2D eigenvalue weighted by Gasteiger charge is 2.43. The van der Waals surface area contributed by atoms with Gasteiger partial charge in [-0.25, -0.2) is 0 Å². The summed E-state index contributed by atoms with van der Waals surface area (Å²) >= 11 is 0. The van der Waals surface area contributed by atoms with Crippen molar-refractivity contribution in [2.75, 3.05) is 6.54 Å². The third-order valence-corrected chi connectivity index (χ3v) is 4.76. The molecule has 0 spiro atoms. The predicted octanol–water partition coefficient (Wildman–Crippen LogP) is 1.99. The quantitative estimate of drug-likeness (QED) is 0.695. The molecule has 1 aliphatic carbocycles. The van der Waals surface area contributed by atoms with Crippen LogP contribution >= 0.6 is 0 Å². The van der Waals surface area contributed by atoms with Gasteiger partial charge in [-0.3, -0.25) is 4.90 Å². The summed E-state index contributed by atoms with van der Waals surface area (Å²) in [5, 5.41) is 0. The fraction of sp³-hybridized carbons (Fsp3) is 1.00. The fourth-order valence-electron chi connectivity index (χ4n) is 3.13. The number of rotatable bonds is 1. The Bertz CT molecular complexity index is 210. The van der Waals surface area contributed by atoms with E-state index in [-0.39, 0.29) is 0 Å². The second-order valence-corrected chi connectivity index (χ2v) is 5.60. The molecule has 2 fully saturated rings. The van der Waals surface area contributed by atoms with Crippen molar-refractivity contribution in [2.45, 2.75) is 64.1 Å². The van der Waals surface area contributed by atoms with Crippen LogP contribution in [-0.4, -0.2) is 29.1 Å². The van der Waals surface area contributed by atoms with Gasteiger partial charge in [-0.2, -0.15) is 0 Å². The summed E-state index contributed by atoms with van der Waals surface area (Å²) in [4.78, 5) is 2.71. The lowest BCUT2D eigenvalue weighted by Gasteiger charge is -2.55. The van der Waals surface area contributed by atoms with Gasteiger partial charge in [0.05, 0.1) is 0 Å². The molecule has 0 aromatic heterocycles. The van der Waals surface area contributed by atoms with Crippen LogP contribution in [0.1, 0.15) is 46.5 Å². The lowest BCUT2D eigenvalue weighted by molar-refractivity contribution is -0.0409. The molecule has 2 heteroatoms. The number of nitrogens with two attached hydrogens (primary N) is 1. The Hall–Kier alpha value is -0.0800. The van der Waals surface area contributed by atoms with Gasteiger partial charge in [0.1, 0.15) is 0 Å². The highest BCUT2D eigenvalue weighted by Crippen LogP contribution is 2.41. The van der Waals surface area contributed by atoms with E-state index in [0.29, 0.717) is 23.5 Å². The smallest absolute Gasteiger partial charge is 0.0184 e. The van der Waals surface area contributed by atoms with Crippen LogP contribution < -0.4 is 5.73 Å². The lowest BCUT2D eigenvalue weighted by Crippen LogP contribution is -2.62. The van der Waals surface area contributed by atoms with Crippen molar-refractivity contribution in [3.8, 4) is 0 Å². The van der Waals surface area contributed by atoms with Gasteiger partial charge in [-0.1, -0.05) is 6.92 Å². The van der Waals surface area contributed by atoms with Gasteiger partial charge in [-0.05, 0) is 45.4 Å². The third kappa shape index (κ3) is 1.49. The lowest BCUT2D eigenvalue weighted by atomic mass is 9.73. The van der Waals surface area contributed by atoms with Crippen LogP contribution in [-0.2, 0) is 0 Å². The van der Waals surface area contributed by atoms with Crippen LogP contribution in [0.2, 0.25) is 0 Å². The predicted molar refractivity (Wildman–Crippen MR) is 60.2 cm³/mol. The number of hydrogen-bond donors (Lipinski definition) is 1. The molecule has 0 aromatic carbocycles. The van der Waals surface area contributed by atoms with Gasteiger partial charge in [0.15, 0.2) is 0 Å². The zero-order chi connectivity index (χ0) is 10.3. The van der Waals surface area contributed by atoms with Crippen molar-refractivity contribution in [2.24, 2.45) is 11.7 Å². The molecule has 0 amide bonds. The molecule has 1 aliphatic heterocycles. The highest BCUT2D eigenvalue weighted by molar-refractivity contribution is 5.00. The van der Waals surface area contributed by atoms with Crippen molar-refractivity contribution in [1.82, 2.24) is 4.90 Å². The summed E-state index contributed by atoms with van der Waals surface area (Å²) in [5.41, 5.74) is 6.61. The van der Waals surface area contributed by atoms with Crippen molar-refractivity contribution >= 4 is 0 Å². The molecule has 2 rings (SSSR count). The van der Waals surface area contributed by atoms with E-state index < -0.39 is 0 Å². The molecule has 2 aliphatic rings. The molecule has 1 heterocycles. The Kier molecular flexibility index (Phi) is 2.61. The minimum atomic E-state index is 0.421. The highest BCUT2D eigenvalue weighted by atomic mass is 15.2. The summed E-state index contributed by atoms with van der Waals surface area (Å²) in [7, 11) is 0. The molecule has 0 aromatic rings. The average Bonchev–Trinajstić information content (AvgIpc) is 2.11. The minimum Gasteiger partial charge on any atom is -0.327 e. The molecule has 82 valence electrons. The fourth-order valence-corrected chi connectivity index (χ4v) is 3.13. The molecule has 1 saturated carbocycles. The first-order valence-corrected chi connectivity index (χ1v) is 6.07. The standard InChI is InChI=1S/C12H24N2/c1-9-10(2)14(8-5-11(9)13)12(3)6-4-7-12/h9-11H,4-8,13H2,1-3H3. The van der Waals surface area contributed by atoms with Crippen LogP contribution in [0.3, 0.4) is 0 Å². The van der Waals surface area contributed by atoms with Gasteiger partial charge in [0.2, 0.25) is 0 Å². The van der Waals surface area contributed by atoms with Crippen LogP contribution in [0.25, 0.3) is 0 Å². The maximum Gasteiger partial charge on any atom is 0.0184 e. The molecule has 14 heavy (non-hydrogen) atoms. The molecule has 0 bridgehead atoms. The zero-order valence-corrected chi connectivity index (χ0v) is 9.79. The van der Waals surface area contributed by atoms with Crippen LogP contribution in [0.4, 0.5) is 0 Å². The zero-order valence-electron chi connectivity index (χ0n) is 9.79. The van der Waals surface area contributed by atoms with Gasteiger partial charge in [0.25, 0.3) is 0 Å². The number of hydrogen-bond acceptors (Lipinski definition) is 2. The number of nitrogens with zero attached hydrogens (tertiary/aromatic N) is 1. The molecule has 3 unspecified atom stereocenters. The van der Waals surface area contributed by atoms with Crippen molar-refractivity contribution in [1.29, 1.82) is 0 Å². The van der Waals surface area contributed by atoms with Gasteiger partial charge >= 0.3 is 0 Å². The Morgan fingerprint density at radius 1 is 1.29 bits per heavy atom. The van der Waals surface area contributed by atoms with E-state index in [0.717, 1.165) is 0 Å². The summed E-state index contributed by atoms with van der Waals surface area (Å²) in [6, 6.07) is 1.09. The average molecular weight is 196 g/mol. The molecule has 2 nitrogen and oxygen atoms in total. The van der Waals surface area contributed by atoms with Crippen molar-refractivity contribution in [3.63, 3.8) is 0 Å². The topological polar surface area (TPSA) is 29.3 Å². The molecule has 3 atom stereocenters. The molecular weight excluding hydrogens is 172 g/mol. The molecular formula is C12H24N2. The summed E-state index contributed by atoms with van der Waals surface area (Å²) in [6.45, 7) is 8.30. The van der Waals surface area contributed by atoms with E-state index in [1.54, 1.807) is 0 Å². The van der Waals surface area contributed by atoms with E-state index in [1.807, 2.05) is 0 Å². The van der Waals surface area contributed by atoms with Gasteiger partial charge in [0, 0.05) is 24.2 Å². The van der Waals surface area contributed by atoms with Crippen LogP contribution in [0.15, 0.2) is 0 Å². The monoisotopic (exact) mass is 196 g/mol. The van der Waals surface area contributed by atoms with E-state index in [1.165, 1.54) is 32.2 Å². The maximum absolute atomic E-state index is 6.11. The Morgan fingerprint density at radius 3 is 2.43 bits per heavy atom. The summed E-state index contributed by atoms with van der Waals surface area (Å²) in [6.07, 6.45) is 5.37. The second-order valence-electron chi connectivity index (χ2n) is 5.60. The van der Waals surface area contributed by atoms with Crippen molar-refractivity contribution < 1.29 is 0 Å². The first-order chi connectivity index (χ1) is 6.54. The van der Waals surface area contributed by atoms with E-state index in [2.05, 4.69) is 25.7 Å². The van der Waals surface area contributed by atoms with Crippen LogP contribution in [0.5, 0.6) is 0 Å². The third-order valence-electron chi connectivity index (χ3n) is 4.76. The first kappa shape index (κ1) is 10.4. The largest absolute Gasteiger partial charge is 0.327 e. The SMILES string of the molecule is CC1C(N)CCN(C2(C)CCC2)C1C. The van der Waals surface area contributed by atoms with E-state index in [4.69, 9.17) is 5.73 Å². The van der Waals surface area contributed by atoms with Crippen LogP contribution in [0, 0.1) is 5.92 Å².